The Kier molecular flexibility index (Phi) is 6.01. The molecular formula is C18H16BrClN4OS. The highest BCUT2D eigenvalue weighted by atomic mass is 79.9. The number of para-hydroxylation sites is 2. The van der Waals surface area contributed by atoms with Gasteiger partial charge in [-0.05, 0) is 24.3 Å². The molecule has 26 heavy (non-hydrogen) atoms. The Morgan fingerprint density at radius 3 is 2.69 bits per heavy atom. The van der Waals surface area contributed by atoms with Gasteiger partial charge in [0.1, 0.15) is 5.82 Å². The molecule has 134 valence electrons. The number of rotatable bonds is 3. The van der Waals surface area contributed by atoms with Crippen molar-refractivity contribution < 1.29 is 0 Å². The molecule has 2 aromatic carbocycles. The maximum absolute atomic E-state index is 13.1. The molecule has 1 N–H and O–H groups in total. The van der Waals surface area contributed by atoms with Gasteiger partial charge in [0, 0.05) is 6.54 Å². The third kappa shape index (κ3) is 3.65. The zero-order chi connectivity index (χ0) is 17.2. The van der Waals surface area contributed by atoms with Crippen molar-refractivity contribution in [3.05, 3.63) is 69.7 Å². The zero-order valence-corrected chi connectivity index (χ0v) is 17.0. The first-order chi connectivity index (χ1) is 12.2. The second kappa shape index (κ2) is 8.24. The number of hydrogen-bond acceptors (Lipinski definition) is 5. The number of benzene rings is 2. The molecule has 5 nitrogen and oxygen atoms in total. The number of aliphatic imine (C=N–C) groups is 1. The fraction of sp³-hybridized carbons (Fsp3) is 0.167. The van der Waals surface area contributed by atoms with Crippen LogP contribution in [0, 0.1) is 0 Å². The topological polar surface area (TPSA) is 59.3 Å². The lowest BCUT2D eigenvalue weighted by Crippen LogP contribution is -2.24. The van der Waals surface area contributed by atoms with Crippen LogP contribution in [0.2, 0.25) is 5.02 Å². The van der Waals surface area contributed by atoms with Crippen molar-refractivity contribution in [1.29, 1.82) is 0 Å². The van der Waals surface area contributed by atoms with Crippen molar-refractivity contribution in [3.8, 4) is 5.69 Å². The highest BCUT2D eigenvalue weighted by Gasteiger charge is 2.16. The number of hydrogen-bond donors (Lipinski definition) is 1. The SMILES string of the molecule is Br.O=c1c2ccccc2nc(CSC2=NCCN2)n1-c1ccccc1Cl. The number of amidine groups is 1. The lowest BCUT2D eigenvalue weighted by molar-refractivity contribution is 0.885. The molecule has 0 bridgehead atoms. The summed E-state index contributed by atoms with van der Waals surface area (Å²) in [6, 6.07) is 14.7. The maximum atomic E-state index is 13.1. The van der Waals surface area contributed by atoms with Gasteiger partial charge in [0.2, 0.25) is 0 Å². The summed E-state index contributed by atoms with van der Waals surface area (Å²) in [6.45, 7) is 1.63. The molecule has 0 atom stereocenters. The maximum Gasteiger partial charge on any atom is 0.266 e. The molecule has 3 aromatic rings. The molecule has 0 spiro atoms. The molecule has 0 saturated heterocycles. The predicted molar refractivity (Wildman–Crippen MR) is 114 cm³/mol. The van der Waals surface area contributed by atoms with Crippen LogP contribution in [0.5, 0.6) is 0 Å². The molecule has 0 amide bonds. The van der Waals surface area contributed by atoms with Gasteiger partial charge in [-0.3, -0.25) is 14.4 Å². The van der Waals surface area contributed by atoms with Crippen molar-refractivity contribution in [1.82, 2.24) is 14.9 Å². The van der Waals surface area contributed by atoms with Crippen LogP contribution >= 0.6 is 40.3 Å². The third-order valence-electron chi connectivity index (χ3n) is 3.92. The number of aromatic nitrogens is 2. The highest BCUT2D eigenvalue weighted by molar-refractivity contribution is 8.93. The Labute approximate surface area is 170 Å². The van der Waals surface area contributed by atoms with Crippen LogP contribution in [0.4, 0.5) is 0 Å². The van der Waals surface area contributed by atoms with E-state index < -0.39 is 0 Å². The summed E-state index contributed by atoms with van der Waals surface area (Å²) in [5, 5.41) is 5.20. The van der Waals surface area contributed by atoms with Crippen LogP contribution in [0.1, 0.15) is 5.82 Å². The predicted octanol–water partition coefficient (Wildman–Crippen LogP) is 3.81. The van der Waals surface area contributed by atoms with E-state index in [0.29, 0.717) is 33.2 Å². The molecule has 0 radical (unpaired) electrons. The van der Waals surface area contributed by atoms with E-state index in [1.165, 1.54) is 0 Å². The number of thioether (sulfide) groups is 1. The first kappa shape index (κ1) is 18.9. The molecular weight excluding hydrogens is 436 g/mol. The molecule has 2 heterocycles. The minimum atomic E-state index is -0.115. The van der Waals surface area contributed by atoms with E-state index in [4.69, 9.17) is 16.6 Å². The van der Waals surface area contributed by atoms with Gasteiger partial charge >= 0.3 is 0 Å². The largest absolute Gasteiger partial charge is 0.363 e. The van der Waals surface area contributed by atoms with E-state index >= 15 is 0 Å². The molecule has 1 aromatic heterocycles. The molecule has 1 aliphatic rings. The van der Waals surface area contributed by atoms with Gasteiger partial charge in [0.05, 0.1) is 33.9 Å². The minimum absolute atomic E-state index is 0. The average molecular weight is 452 g/mol. The minimum Gasteiger partial charge on any atom is -0.363 e. The van der Waals surface area contributed by atoms with Gasteiger partial charge in [-0.2, -0.15) is 0 Å². The molecule has 0 aliphatic carbocycles. The Balaban J connectivity index is 0.00000196. The van der Waals surface area contributed by atoms with Crippen molar-refractivity contribution in [2.45, 2.75) is 5.75 Å². The summed E-state index contributed by atoms with van der Waals surface area (Å²) in [4.78, 5) is 22.2. The standard InChI is InChI=1S/C18H15ClN4OS.BrH/c19-13-6-2-4-8-15(13)23-16(11-25-18-20-9-10-21-18)22-14-7-3-1-5-12(14)17(23)24;/h1-8H,9-11H2,(H,20,21);1H. The third-order valence-corrected chi connectivity index (χ3v) is 5.19. The Morgan fingerprint density at radius 1 is 1.15 bits per heavy atom. The smallest absolute Gasteiger partial charge is 0.266 e. The summed E-state index contributed by atoms with van der Waals surface area (Å²) in [5.74, 6) is 1.18. The van der Waals surface area contributed by atoms with Gasteiger partial charge < -0.3 is 5.32 Å². The van der Waals surface area contributed by atoms with E-state index in [1.54, 1.807) is 28.5 Å². The second-order valence-corrected chi connectivity index (χ2v) is 6.91. The molecule has 8 heteroatoms. The van der Waals surface area contributed by atoms with Crippen molar-refractivity contribution in [2.24, 2.45) is 4.99 Å². The quantitative estimate of drug-likeness (QED) is 0.658. The lowest BCUT2D eigenvalue weighted by Gasteiger charge is -2.14. The van der Waals surface area contributed by atoms with Crippen LogP contribution in [-0.2, 0) is 5.75 Å². The number of halogens is 2. The number of nitrogens with zero attached hydrogens (tertiary/aromatic N) is 3. The van der Waals surface area contributed by atoms with Crippen LogP contribution in [0.25, 0.3) is 16.6 Å². The highest BCUT2D eigenvalue weighted by Crippen LogP contribution is 2.23. The number of nitrogens with one attached hydrogen (secondary N) is 1. The summed E-state index contributed by atoms with van der Waals surface area (Å²) < 4.78 is 1.60. The van der Waals surface area contributed by atoms with E-state index in [-0.39, 0.29) is 22.5 Å². The summed E-state index contributed by atoms with van der Waals surface area (Å²) in [5.41, 5.74) is 1.22. The lowest BCUT2D eigenvalue weighted by atomic mass is 10.2. The Bertz CT molecular complexity index is 1040. The van der Waals surface area contributed by atoms with Crippen LogP contribution in [0.3, 0.4) is 0 Å². The van der Waals surface area contributed by atoms with E-state index in [9.17, 15) is 4.79 Å². The summed E-state index contributed by atoms with van der Waals surface area (Å²) in [7, 11) is 0. The van der Waals surface area contributed by atoms with Gasteiger partial charge in [0.25, 0.3) is 5.56 Å². The monoisotopic (exact) mass is 450 g/mol. The van der Waals surface area contributed by atoms with E-state index in [1.807, 2.05) is 36.4 Å². The molecule has 0 saturated carbocycles. The van der Waals surface area contributed by atoms with Crippen LogP contribution < -0.4 is 10.9 Å². The van der Waals surface area contributed by atoms with Crippen molar-refractivity contribution in [2.75, 3.05) is 13.1 Å². The normalized spacial score (nSPS) is 13.2. The summed E-state index contributed by atoms with van der Waals surface area (Å²) >= 11 is 7.89. The Morgan fingerprint density at radius 2 is 1.92 bits per heavy atom. The molecule has 0 fully saturated rings. The zero-order valence-electron chi connectivity index (χ0n) is 13.7. The van der Waals surface area contributed by atoms with Gasteiger partial charge in [-0.25, -0.2) is 4.98 Å². The van der Waals surface area contributed by atoms with Gasteiger partial charge in [-0.1, -0.05) is 47.6 Å². The second-order valence-electron chi connectivity index (χ2n) is 5.54. The molecule has 1 aliphatic heterocycles. The fourth-order valence-corrected chi connectivity index (χ4v) is 3.83. The summed E-state index contributed by atoms with van der Waals surface area (Å²) in [6.07, 6.45) is 0. The van der Waals surface area contributed by atoms with Crippen molar-refractivity contribution in [3.63, 3.8) is 0 Å². The Hall–Kier alpha value is -1.83. The van der Waals surface area contributed by atoms with Crippen molar-refractivity contribution >= 4 is 56.4 Å². The van der Waals surface area contributed by atoms with Crippen LogP contribution in [0.15, 0.2) is 58.3 Å². The first-order valence-electron chi connectivity index (χ1n) is 7.91. The number of fused-ring (bicyclic) bond motifs is 1. The molecule has 0 unspecified atom stereocenters. The fourth-order valence-electron chi connectivity index (χ4n) is 2.76. The molecule has 4 rings (SSSR count). The first-order valence-corrected chi connectivity index (χ1v) is 9.27. The van der Waals surface area contributed by atoms with Gasteiger partial charge in [0.15, 0.2) is 5.17 Å². The van der Waals surface area contributed by atoms with E-state index in [2.05, 4.69) is 10.3 Å². The van der Waals surface area contributed by atoms with Gasteiger partial charge in [-0.15, -0.1) is 17.0 Å². The average Bonchev–Trinajstić information content (AvgIpc) is 3.15. The van der Waals surface area contributed by atoms with Crippen LogP contribution in [-0.4, -0.2) is 27.8 Å². The van der Waals surface area contributed by atoms with E-state index in [0.717, 1.165) is 18.3 Å².